The molecule has 64 heavy (non-hydrogen) atoms. The Balaban J connectivity index is 1.22. The number of methoxy groups -OCH3 is 1. The van der Waals surface area contributed by atoms with Gasteiger partial charge in [-0.25, -0.2) is 4.98 Å². The summed E-state index contributed by atoms with van der Waals surface area (Å²) in [5.74, 6) is -3.90. The summed E-state index contributed by atoms with van der Waals surface area (Å²) >= 11 is 0. The number of carbonyl (C=O) groups is 1. The molecule has 1 fully saturated rings. The van der Waals surface area contributed by atoms with Gasteiger partial charge in [-0.05, 0) is 47.9 Å². The number of hydrogen-bond acceptors (Lipinski definition) is 11. The van der Waals surface area contributed by atoms with Gasteiger partial charge in [0.15, 0.2) is 29.9 Å². The van der Waals surface area contributed by atoms with Crippen LogP contribution in [0.15, 0.2) is 120 Å². The maximum absolute atomic E-state index is 13.3. The number of halogens is 6. The highest BCUT2D eigenvalue weighted by molar-refractivity contribution is 5.90. The average molecular weight is 898 g/mol. The van der Waals surface area contributed by atoms with E-state index in [0.717, 1.165) is 16.5 Å². The van der Waals surface area contributed by atoms with Crippen LogP contribution in [0.25, 0.3) is 11.2 Å². The van der Waals surface area contributed by atoms with E-state index in [1.54, 1.807) is 42.5 Å². The van der Waals surface area contributed by atoms with E-state index < -0.39 is 86.5 Å². The molecular formula is C44H41F6N5O9. The molecule has 1 amide bonds. The third-order valence-corrected chi connectivity index (χ3v) is 10.4. The summed E-state index contributed by atoms with van der Waals surface area (Å²) in [6, 6.07) is 32.3. The summed E-state index contributed by atoms with van der Waals surface area (Å²) in [4.78, 5) is 36.9. The zero-order valence-electron chi connectivity index (χ0n) is 34.0. The molecule has 1 aliphatic rings. The first-order valence-corrected chi connectivity index (χ1v) is 19.6. The molecule has 0 saturated carbocycles. The van der Waals surface area contributed by atoms with Gasteiger partial charge in [0.2, 0.25) is 5.95 Å². The summed E-state index contributed by atoms with van der Waals surface area (Å²) in [5.41, 5.74) is 0.305. The lowest BCUT2D eigenvalue weighted by molar-refractivity contribution is -0.299. The first kappa shape index (κ1) is 45.7. The lowest BCUT2D eigenvalue weighted by Gasteiger charge is -2.37. The van der Waals surface area contributed by atoms with Gasteiger partial charge in [0, 0.05) is 0 Å². The largest absolute Gasteiger partial charge is 0.497 e. The number of aromatic nitrogens is 4. The summed E-state index contributed by atoms with van der Waals surface area (Å²) < 4.78 is 116. The Hall–Kier alpha value is -6.32. The van der Waals surface area contributed by atoms with Gasteiger partial charge in [-0.1, -0.05) is 90.5 Å². The topological polar surface area (TPSA) is 168 Å². The standard InChI is InChI=1S/C44H41F6N5O9/c1-26-13-15-28(16-14-26)42(27-9-5-3-6-10-27,29-17-19-30(59-2)20-18-29)63-21-32-36(57)37(62-25-60-22-33(43(45,46)47)44(48,49)50)40(64-32)55-24-51-35-38(55)53-41(54-39(35)58)52-34(56)23-61-31-11-7-4-8-12-31/h3-20,24,32-33,36-37,40,57H,21-23,25H2,1-2H3,(H2,52,53,54,56,58)/t32-,36?,37+,40-,42?/m1/s1. The molecule has 14 nitrogen and oxygen atoms in total. The monoisotopic (exact) mass is 897 g/mol. The number of amides is 1. The Morgan fingerprint density at radius 1 is 0.875 bits per heavy atom. The van der Waals surface area contributed by atoms with Crippen molar-refractivity contribution in [1.82, 2.24) is 19.5 Å². The molecule has 6 aromatic rings. The minimum atomic E-state index is -5.68. The van der Waals surface area contributed by atoms with Gasteiger partial charge in [-0.3, -0.25) is 24.5 Å². The predicted octanol–water partition coefficient (Wildman–Crippen LogP) is 6.82. The quantitative estimate of drug-likeness (QED) is 0.0380. The van der Waals surface area contributed by atoms with Crippen LogP contribution in [0.1, 0.15) is 28.5 Å². The summed E-state index contributed by atoms with van der Waals surface area (Å²) in [7, 11) is 1.52. The number of rotatable bonds is 17. The van der Waals surface area contributed by atoms with Crippen molar-refractivity contribution < 1.29 is 64.7 Å². The molecule has 338 valence electrons. The smallest absolute Gasteiger partial charge is 0.402 e. The third kappa shape index (κ3) is 10.1. The summed E-state index contributed by atoms with van der Waals surface area (Å²) in [5, 5.41) is 14.3. The fraction of sp³-hybridized carbons (Fsp3) is 0.318. The fourth-order valence-electron chi connectivity index (χ4n) is 7.18. The number of ether oxygens (including phenoxy) is 6. The van der Waals surface area contributed by atoms with Crippen molar-refractivity contribution in [2.45, 2.75) is 49.4 Å². The maximum atomic E-state index is 13.3. The number of fused-ring (bicyclic) bond motifs is 1. The third-order valence-electron chi connectivity index (χ3n) is 10.4. The second-order valence-corrected chi connectivity index (χ2v) is 14.7. The van der Waals surface area contributed by atoms with E-state index >= 15 is 0 Å². The number of benzene rings is 4. The van der Waals surface area contributed by atoms with E-state index in [-0.39, 0.29) is 17.1 Å². The lowest BCUT2D eigenvalue weighted by atomic mass is 9.79. The number of nitrogens with one attached hydrogen (secondary N) is 2. The van der Waals surface area contributed by atoms with E-state index in [2.05, 4.69) is 20.3 Å². The molecule has 1 saturated heterocycles. The van der Waals surface area contributed by atoms with E-state index in [1.165, 1.54) is 7.11 Å². The van der Waals surface area contributed by atoms with Crippen LogP contribution in [0.5, 0.6) is 11.5 Å². The Morgan fingerprint density at radius 3 is 2.11 bits per heavy atom. The van der Waals surface area contributed by atoms with E-state index in [4.69, 9.17) is 28.4 Å². The van der Waals surface area contributed by atoms with Crippen molar-refractivity contribution in [1.29, 1.82) is 0 Å². The van der Waals surface area contributed by atoms with E-state index in [9.17, 15) is 41.0 Å². The van der Waals surface area contributed by atoms with Crippen LogP contribution in [0.3, 0.4) is 0 Å². The van der Waals surface area contributed by atoms with Crippen molar-refractivity contribution in [2.24, 2.45) is 5.92 Å². The molecule has 1 aliphatic heterocycles. The van der Waals surface area contributed by atoms with Crippen LogP contribution in [0.4, 0.5) is 32.3 Å². The summed E-state index contributed by atoms with van der Waals surface area (Å²) in [6.07, 6.45) is -16.4. The van der Waals surface area contributed by atoms with Crippen LogP contribution in [-0.2, 0) is 29.3 Å². The highest BCUT2D eigenvalue weighted by Gasteiger charge is 2.57. The van der Waals surface area contributed by atoms with Gasteiger partial charge >= 0.3 is 12.4 Å². The molecule has 0 bridgehead atoms. The predicted molar refractivity (Wildman–Crippen MR) is 216 cm³/mol. The van der Waals surface area contributed by atoms with Gasteiger partial charge < -0.3 is 33.5 Å². The number of para-hydroxylation sites is 1. The molecule has 0 radical (unpaired) electrons. The Labute approximate surface area is 360 Å². The van der Waals surface area contributed by atoms with Crippen molar-refractivity contribution in [3.8, 4) is 11.5 Å². The van der Waals surface area contributed by atoms with Crippen LogP contribution < -0.4 is 20.3 Å². The van der Waals surface area contributed by atoms with Gasteiger partial charge in [0.05, 0.1) is 26.7 Å². The normalized spacial score (nSPS) is 18.8. The molecule has 5 atom stereocenters. The number of aliphatic hydroxyl groups is 1. The number of carbonyl (C=O) groups excluding carboxylic acids is 1. The minimum Gasteiger partial charge on any atom is -0.497 e. The van der Waals surface area contributed by atoms with Crippen molar-refractivity contribution in [3.05, 3.63) is 148 Å². The van der Waals surface area contributed by atoms with Gasteiger partial charge in [0.25, 0.3) is 11.5 Å². The van der Waals surface area contributed by atoms with Crippen LogP contribution in [0.2, 0.25) is 0 Å². The van der Waals surface area contributed by atoms with Crippen LogP contribution >= 0.6 is 0 Å². The maximum Gasteiger partial charge on any atom is 0.402 e. The molecule has 0 aliphatic carbocycles. The molecule has 3 N–H and O–H groups in total. The van der Waals surface area contributed by atoms with Gasteiger partial charge in [-0.15, -0.1) is 0 Å². The van der Waals surface area contributed by atoms with Gasteiger partial charge in [-0.2, -0.15) is 31.3 Å². The molecule has 7 rings (SSSR count). The molecule has 20 heteroatoms. The molecular weight excluding hydrogens is 856 g/mol. The number of imidazole rings is 1. The number of H-pyrrole nitrogens is 1. The van der Waals surface area contributed by atoms with Crippen molar-refractivity contribution in [2.75, 3.05) is 39.0 Å². The number of alkyl halides is 6. The Morgan fingerprint density at radius 2 is 1.48 bits per heavy atom. The van der Waals surface area contributed by atoms with Crippen LogP contribution in [0, 0.1) is 12.8 Å². The Kier molecular flexibility index (Phi) is 13.7. The minimum absolute atomic E-state index is 0.206. The molecule has 2 unspecified atom stereocenters. The highest BCUT2D eigenvalue weighted by atomic mass is 19.4. The first-order valence-electron chi connectivity index (χ1n) is 19.6. The number of nitrogens with zero attached hydrogens (tertiary/aromatic N) is 3. The molecule has 3 heterocycles. The number of anilines is 1. The zero-order chi connectivity index (χ0) is 45.6. The number of aromatic amines is 1. The summed E-state index contributed by atoms with van der Waals surface area (Å²) in [6.45, 7) is -1.95. The highest BCUT2D eigenvalue weighted by Crippen LogP contribution is 2.43. The van der Waals surface area contributed by atoms with Crippen molar-refractivity contribution in [3.63, 3.8) is 0 Å². The van der Waals surface area contributed by atoms with Crippen LogP contribution in [-0.4, -0.2) is 94.9 Å². The average Bonchev–Trinajstić information content (AvgIpc) is 3.83. The lowest BCUT2D eigenvalue weighted by Crippen LogP contribution is -2.41. The SMILES string of the molecule is COc1ccc(C(OC[C@H]2O[C@@H](n3cnc4c(=O)[nH]c(NC(=O)COc5ccccc5)nc43)[C@@H](OCOCC(C(F)(F)F)C(F)(F)F)C2O)(c2ccccc2)c2ccc(C)cc2)cc1. The molecule has 4 aromatic carbocycles. The fourth-order valence-corrected chi connectivity index (χ4v) is 7.18. The molecule has 0 spiro atoms. The Bertz CT molecular complexity index is 2530. The van der Waals surface area contributed by atoms with Crippen molar-refractivity contribution >= 4 is 23.0 Å². The number of hydrogen-bond donors (Lipinski definition) is 3. The zero-order valence-corrected chi connectivity index (χ0v) is 34.0. The van der Waals surface area contributed by atoms with Gasteiger partial charge in [0.1, 0.15) is 42.2 Å². The molecule has 2 aromatic heterocycles. The second-order valence-electron chi connectivity index (χ2n) is 14.7. The van der Waals surface area contributed by atoms with E-state index in [1.807, 2.05) is 73.7 Å². The first-order chi connectivity index (χ1) is 30.6. The number of aryl methyl sites for hydroxylation is 1. The second kappa shape index (κ2) is 19.2. The van der Waals surface area contributed by atoms with E-state index in [0.29, 0.717) is 28.2 Å². The number of aliphatic hydroxyl groups excluding tert-OH is 1.